The van der Waals surface area contributed by atoms with E-state index in [4.69, 9.17) is 12.2 Å². The first kappa shape index (κ1) is 13.6. The third kappa shape index (κ3) is 2.46. The van der Waals surface area contributed by atoms with Crippen LogP contribution in [0.1, 0.15) is 19.5 Å². The minimum atomic E-state index is -0.198. The van der Waals surface area contributed by atoms with Crippen LogP contribution in [0.2, 0.25) is 0 Å². The van der Waals surface area contributed by atoms with Crippen LogP contribution in [0.5, 0.6) is 0 Å². The van der Waals surface area contributed by atoms with E-state index in [9.17, 15) is 9.59 Å². The van der Waals surface area contributed by atoms with Gasteiger partial charge in [0.1, 0.15) is 0 Å². The summed E-state index contributed by atoms with van der Waals surface area (Å²) in [7, 11) is 1.57. The molecule has 0 unspecified atom stereocenters. The van der Waals surface area contributed by atoms with E-state index in [1.807, 2.05) is 13.8 Å². The quantitative estimate of drug-likeness (QED) is 0.753. The summed E-state index contributed by atoms with van der Waals surface area (Å²) in [6.45, 7) is 6.74. The average molecular weight is 255 g/mol. The molecule has 1 aromatic rings. The third-order valence-electron chi connectivity index (χ3n) is 2.72. The maximum Gasteiger partial charge on any atom is 0.330 e. The Labute approximate surface area is 105 Å². The predicted molar refractivity (Wildman–Crippen MR) is 69.0 cm³/mol. The van der Waals surface area contributed by atoms with Crippen LogP contribution in [0.4, 0.5) is 4.79 Å². The van der Waals surface area contributed by atoms with Crippen molar-refractivity contribution < 1.29 is 4.79 Å². The van der Waals surface area contributed by atoms with Crippen molar-refractivity contribution in [1.82, 2.24) is 14.0 Å². The van der Waals surface area contributed by atoms with Gasteiger partial charge in [0.05, 0.1) is 0 Å². The fourth-order valence-corrected chi connectivity index (χ4v) is 1.92. The van der Waals surface area contributed by atoms with Gasteiger partial charge in [0, 0.05) is 31.9 Å². The van der Waals surface area contributed by atoms with Crippen LogP contribution in [0.15, 0.2) is 10.9 Å². The first-order chi connectivity index (χ1) is 7.93. The molecule has 1 amide bonds. The molecule has 6 heteroatoms. The van der Waals surface area contributed by atoms with E-state index in [0.717, 1.165) is 0 Å². The van der Waals surface area contributed by atoms with Crippen LogP contribution in [-0.2, 0) is 7.05 Å². The molecular formula is C11H17N3O2S. The normalized spacial score (nSPS) is 10.4. The topological polar surface area (TPSA) is 47.2 Å². The lowest BCUT2D eigenvalue weighted by atomic mass is 10.4. The molecule has 94 valence electrons. The van der Waals surface area contributed by atoms with E-state index in [1.165, 1.54) is 15.2 Å². The Morgan fingerprint density at radius 3 is 2.41 bits per heavy atom. The van der Waals surface area contributed by atoms with Crippen molar-refractivity contribution in [1.29, 1.82) is 0 Å². The zero-order valence-electron chi connectivity index (χ0n) is 10.6. The molecule has 0 aliphatic rings. The summed E-state index contributed by atoms with van der Waals surface area (Å²) in [5, 5.41) is 0. The molecule has 0 bridgehead atoms. The second-order valence-electron chi connectivity index (χ2n) is 3.76. The lowest BCUT2D eigenvalue weighted by molar-refractivity contribution is 0.203. The summed E-state index contributed by atoms with van der Waals surface area (Å²) in [5.41, 5.74) is 0.367. The minimum Gasteiger partial charge on any atom is -0.325 e. The van der Waals surface area contributed by atoms with Gasteiger partial charge in [-0.3, -0.25) is 9.36 Å². The number of amides is 1. The maximum atomic E-state index is 12.2. The van der Waals surface area contributed by atoms with Crippen molar-refractivity contribution in [3.8, 4) is 0 Å². The van der Waals surface area contributed by atoms with E-state index >= 15 is 0 Å². The zero-order chi connectivity index (χ0) is 13.2. The molecule has 0 saturated carbocycles. The molecule has 0 atom stereocenters. The minimum absolute atomic E-state index is 0.187. The fraction of sp³-hybridized carbons (Fsp3) is 0.545. The number of aromatic nitrogens is 2. The lowest BCUT2D eigenvalue weighted by Crippen LogP contribution is -2.38. The molecule has 0 aliphatic carbocycles. The van der Waals surface area contributed by atoms with E-state index < -0.39 is 0 Å². The average Bonchev–Trinajstić information content (AvgIpc) is 2.28. The van der Waals surface area contributed by atoms with Crippen LogP contribution in [0, 0.1) is 11.7 Å². The second-order valence-corrected chi connectivity index (χ2v) is 4.12. The summed E-state index contributed by atoms with van der Waals surface area (Å²) in [6.07, 6.45) is 0. The Morgan fingerprint density at radius 2 is 1.94 bits per heavy atom. The summed E-state index contributed by atoms with van der Waals surface area (Å²) >= 11 is 5.14. The summed E-state index contributed by atoms with van der Waals surface area (Å²) in [5.74, 6) is 0. The van der Waals surface area contributed by atoms with Crippen LogP contribution >= 0.6 is 12.2 Å². The molecule has 0 spiro atoms. The smallest absolute Gasteiger partial charge is 0.325 e. The molecule has 5 nitrogen and oxygen atoms in total. The van der Waals surface area contributed by atoms with Gasteiger partial charge in [-0.05, 0) is 33.0 Å². The van der Waals surface area contributed by atoms with Gasteiger partial charge in [-0.15, -0.1) is 0 Å². The van der Waals surface area contributed by atoms with Crippen molar-refractivity contribution in [2.45, 2.75) is 20.8 Å². The third-order valence-corrected chi connectivity index (χ3v) is 3.18. The highest BCUT2D eigenvalue weighted by Gasteiger charge is 2.15. The van der Waals surface area contributed by atoms with Crippen molar-refractivity contribution >= 4 is 18.2 Å². The largest absolute Gasteiger partial charge is 0.330 e. The molecule has 1 aromatic heterocycles. The highest BCUT2D eigenvalue weighted by Crippen LogP contribution is 2.02. The Balaban J connectivity index is 3.43. The number of aryl methyl sites for hydroxylation is 1. The van der Waals surface area contributed by atoms with E-state index in [-0.39, 0.29) is 16.4 Å². The zero-order valence-corrected chi connectivity index (χ0v) is 11.4. The molecule has 0 fully saturated rings. The monoisotopic (exact) mass is 255 g/mol. The number of hydrogen-bond donors (Lipinski definition) is 0. The molecule has 0 N–H and O–H groups in total. The fourth-order valence-electron chi connectivity index (χ4n) is 1.60. The van der Waals surface area contributed by atoms with E-state index in [1.54, 1.807) is 18.9 Å². The summed E-state index contributed by atoms with van der Waals surface area (Å²) in [4.78, 5) is 25.4. The van der Waals surface area contributed by atoms with Gasteiger partial charge < -0.3 is 4.90 Å². The molecule has 0 radical (unpaired) electrons. The van der Waals surface area contributed by atoms with Crippen LogP contribution in [0.25, 0.3) is 0 Å². The molecule has 17 heavy (non-hydrogen) atoms. The first-order valence-electron chi connectivity index (χ1n) is 5.53. The molecule has 0 saturated heterocycles. The van der Waals surface area contributed by atoms with Gasteiger partial charge in [0.25, 0.3) is 5.56 Å². The lowest BCUT2D eigenvalue weighted by Gasteiger charge is -2.21. The van der Waals surface area contributed by atoms with Gasteiger partial charge >= 0.3 is 6.03 Å². The van der Waals surface area contributed by atoms with E-state index in [0.29, 0.717) is 18.8 Å². The Morgan fingerprint density at radius 1 is 1.41 bits per heavy atom. The Bertz CT molecular complexity index is 541. The summed E-state index contributed by atoms with van der Waals surface area (Å²) < 4.78 is 2.92. The van der Waals surface area contributed by atoms with Gasteiger partial charge in [-0.25, -0.2) is 9.36 Å². The number of carbonyl (C=O) groups is 1. The SMILES string of the molecule is CCN(CC)C(=O)n1c(C)cc(=O)n(C)c1=S. The summed E-state index contributed by atoms with van der Waals surface area (Å²) in [6, 6.07) is 1.23. The second kappa shape index (κ2) is 5.27. The van der Waals surface area contributed by atoms with Crippen molar-refractivity contribution in [3.63, 3.8) is 0 Å². The van der Waals surface area contributed by atoms with E-state index in [2.05, 4.69) is 0 Å². The molecular weight excluding hydrogens is 238 g/mol. The highest BCUT2D eigenvalue weighted by atomic mass is 32.1. The number of nitrogens with zero attached hydrogens (tertiary/aromatic N) is 3. The van der Waals surface area contributed by atoms with Crippen LogP contribution < -0.4 is 5.56 Å². The Kier molecular flexibility index (Phi) is 4.22. The van der Waals surface area contributed by atoms with Gasteiger partial charge in [0.15, 0.2) is 4.77 Å². The highest BCUT2D eigenvalue weighted by molar-refractivity contribution is 7.71. The molecule has 0 aliphatic heterocycles. The molecule has 0 aromatic carbocycles. The number of rotatable bonds is 2. The van der Waals surface area contributed by atoms with Crippen LogP contribution in [0.3, 0.4) is 0 Å². The standard InChI is InChI=1S/C11H17N3O2S/c1-5-13(6-2)10(16)14-8(3)7-9(15)12(4)11(14)17/h7H,5-6H2,1-4H3. The predicted octanol–water partition coefficient (Wildman–Crippen LogP) is 1.53. The van der Waals surface area contributed by atoms with Crippen LogP contribution in [-0.4, -0.2) is 33.2 Å². The van der Waals surface area contributed by atoms with Gasteiger partial charge in [-0.1, -0.05) is 0 Å². The molecule has 1 heterocycles. The maximum absolute atomic E-state index is 12.2. The Hall–Kier alpha value is -1.43. The van der Waals surface area contributed by atoms with Gasteiger partial charge in [0.2, 0.25) is 0 Å². The molecule has 1 rings (SSSR count). The first-order valence-corrected chi connectivity index (χ1v) is 5.93. The number of hydrogen-bond acceptors (Lipinski definition) is 3. The van der Waals surface area contributed by atoms with Crippen molar-refractivity contribution in [2.24, 2.45) is 7.05 Å². The van der Waals surface area contributed by atoms with Gasteiger partial charge in [-0.2, -0.15) is 0 Å². The van der Waals surface area contributed by atoms with Crippen molar-refractivity contribution in [2.75, 3.05) is 13.1 Å². The number of carbonyl (C=O) groups excluding carboxylic acids is 1. The van der Waals surface area contributed by atoms with Crippen molar-refractivity contribution in [3.05, 3.63) is 26.9 Å².